The summed E-state index contributed by atoms with van der Waals surface area (Å²) in [6, 6.07) is 7.96. The van der Waals surface area contributed by atoms with E-state index in [-0.39, 0.29) is 17.7 Å². The summed E-state index contributed by atoms with van der Waals surface area (Å²) in [6.45, 7) is 3.78. The molecule has 5 nitrogen and oxygen atoms in total. The number of hydrogen-bond donors (Lipinski definition) is 1. The molecule has 2 aromatic heterocycles. The summed E-state index contributed by atoms with van der Waals surface area (Å²) in [5.74, 6) is -0.661. The number of hydrogen-bond acceptors (Lipinski definition) is 4. The van der Waals surface area contributed by atoms with Gasteiger partial charge < -0.3 is 5.32 Å². The molecule has 0 radical (unpaired) electrons. The summed E-state index contributed by atoms with van der Waals surface area (Å²) in [5, 5.41) is 3.80. The van der Waals surface area contributed by atoms with Gasteiger partial charge in [0.2, 0.25) is 0 Å². The lowest BCUT2D eigenvalue weighted by atomic mass is 9.97. The van der Waals surface area contributed by atoms with Gasteiger partial charge in [-0.05, 0) is 48.8 Å². The molecule has 2 aliphatic rings. The number of carbonyl (C=O) groups is 1. The third kappa shape index (κ3) is 3.54. The number of benzene rings is 1. The number of nitrogens with zero attached hydrogens (tertiary/aromatic N) is 3. The normalized spacial score (nSPS) is 17.6. The Kier molecular flexibility index (Phi) is 4.70. The highest BCUT2D eigenvalue weighted by Crippen LogP contribution is 2.34. The van der Waals surface area contributed by atoms with Crippen molar-refractivity contribution in [2.75, 3.05) is 0 Å². The van der Waals surface area contributed by atoms with Crippen LogP contribution in [0.5, 0.6) is 0 Å². The Morgan fingerprint density at radius 3 is 2.87 bits per heavy atom. The average Bonchev–Trinajstić information content (AvgIpc) is 3.20. The van der Waals surface area contributed by atoms with Gasteiger partial charge in [-0.25, -0.2) is 14.4 Å². The Hall–Kier alpha value is -3.67. The lowest BCUT2D eigenvalue weighted by molar-refractivity contribution is 0.0966. The maximum absolute atomic E-state index is 13.9. The highest BCUT2D eigenvalue weighted by molar-refractivity contribution is 5.98. The van der Waals surface area contributed by atoms with Gasteiger partial charge >= 0.3 is 0 Å². The third-order valence-corrected chi connectivity index (χ3v) is 5.88. The minimum Gasteiger partial charge on any atom is -0.322 e. The molecule has 0 fully saturated rings. The fourth-order valence-corrected chi connectivity index (χ4v) is 4.00. The second-order valence-corrected chi connectivity index (χ2v) is 8.01. The number of carbonyl (C=O) groups excluding carboxylic acids is 1. The monoisotopic (exact) mass is 412 g/mol. The molecule has 1 unspecified atom stereocenters. The SMILES string of the molecule is Cc1ncnc2ccc(C3=CCc4ncc(C(=O)NC5=CCC(C)C(F)=C5)cc43)cc12. The summed E-state index contributed by atoms with van der Waals surface area (Å²) >= 11 is 0. The number of rotatable bonds is 3. The van der Waals surface area contributed by atoms with E-state index in [4.69, 9.17) is 0 Å². The van der Waals surface area contributed by atoms with Crippen LogP contribution >= 0.6 is 0 Å². The predicted octanol–water partition coefficient (Wildman–Crippen LogP) is 4.83. The van der Waals surface area contributed by atoms with E-state index < -0.39 is 0 Å². The lowest BCUT2D eigenvalue weighted by Gasteiger charge is -2.15. The zero-order valence-electron chi connectivity index (χ0n) is 17.3. The first-order chi connectivity index (χ1) is 15.0. The smallest absolute Gasteiger partial charge is 0.257 e. The van der Waals surface area contributed by atoms with Crippen molar-refractivity contribution in [1.82, 2.24) is 20.3 Å². The van der Waals surface area contributed by atoms with E-state index in [1.54, 1.807) is 12.5 Å². The first-order valence-corrected chi connectivity index (χ1v) is 10.3. The molecule has 0 aliphatic heterocycles. The van der Waals surface area contributed by atoms with Crippen LogP contribution in [-0.2, 0) is 6.42 Å². The largest absolute Gasteiger partial charge is 0.322 e. The van der Waals surface area contributed by atoms with Gasteiger partial charge in [0.05, 0.1) is 16.8 Å². The van der Waals surface area contributed by atoms with Gasteiger partial charge in [0.15, 0.2) is 0 Å². The zero-order chi connectivity index (χ0) is 21.5. The molecule has 0 spiro atoms. The number of halogens is 1. The molecule has 31 heavy (non-hydrogen) atoms. The van der Waals surface area contributed by atoms with E-state index in [2.05, 4.69) is 32.4 Å². The molecule has 0 bridgehead atoms. The van der Waals surface area contributed by atoms with E-state index in [0.717, 1.165) is 39.0 Å². The Morgan fingerprint density at radius 1 is 1.16 bits per heavy atom. The number of aromatic nitrogens is 3. The van der Waals surface area contributed by atoms with E-state index >= 15 is 0 Å². The molecule has 6 heteroatoms. The fraction of sp³-hybridized carbons (Fsp3) is 0.200. The molecular formula is C25H21FN4O. The van der Waals surface area contributed by atoms with Crippen LogP contribution in [0.4, 0.5) is 4.39 Å². The molecule has 1 aromatic carbocycles. The maximum atomic E-state index is 13.9. The van der Waals surface area contributed by atoms with Gasteiger partial charge in [-0.3, -0.25) is 9.78 Å². The van der Waals surface area contributed by atoms with E-state index in [0.29, 0.717) is 24.1 Å². The van der Waals surface area contributed by atoms with Crippen LogP contribution in [-0.4, -0.2) is 20.9 Å². The summed E-state index contributed by atoms with van der Waals surface area (Å²) in [7, 11) is 0. The van der Waals surface area contributed by atoms with Crippen molar-refractivity contribution in [3.05, 3.63) is 94.6 Å². The van der Waals surface area contributed by atoms with E-state index in [1.807, 2.05) is 38.1 Å². The molecule has 2 heterocycles. The number of fused-ring (bicyclic) bond motifs is 2. The Bertz CT molecular complexity index is 1320. The molecule has 2 aliphatic carbocycles. The molecule has 1 amide bonds. The second-order valence-electron chi connectivity index (χ2n) is 8.01. The standard InChI is InChI=1S/C25H21FN4O/c1-14-3-5-18(11-22(14)26)30-25(31)17-10-21-19(6-8-24(21)27-12-17)16-4-7-23-20(9-16)15(2)28-13-29-23/h4-7,9-14H,3,8H2,1-2H3,(H,30,31). The van der Waals surface area contributed by atoms with Gasteiger partial charge in [0.25, 0.3) is 5.91 Å². The van der Waals surface area contributed by atoms with Gasteiger partial charge in [0, 0.05) is 40.9 Å². The highest BCUT2D eigenvalue weighted by atomic mass is 19.1. The van der Waals surface area contributed by atoms with Crippen LogP contribution in [0.2, 0.25) is 0 Å². The van der Waals surface area contributed by atoms with Crippen LogP contribution in [0.3, 0.4) is 0 Å². The van der Waals surface area contributed by atoms with Crippen LogP contribution in [0, 0.1) is 12.8 Å². The predicted molar refractivity (Wildman–Crippen MR) is 118 cm³/mol. The Labute approximate surface area is 179 Å². The van der Waals surface area contributed by atoms with Gasteiger partial charge in [-0.1, -0.05) is 25.1 Å². The molecule has 1 N–H and O–H groups in total. The lowest BCUT2D eigenvalue weighted by Crippen LogP contribution is -2.24. The van der Waals surface area contributed by atoms with E-state index in [1.165, 1.54) is 6.08 Å². The number of nitrogens with one attached hydrogen (secondary N) is 1. The number of amides is 1. The molecule has 5 rings (SSSR count). The van der Waals surface area contributed by atoms with Gasteiger partial charge in [0.1, 0.15) is 12.2 Å². The van der Waals surface area contributed by atoms with Crippen LogP contribution in [0.15, 0.2) is 66.5 Å². The van der Waals surface area contributed by atoms with Crippen LogP contribution in [0.25, 0.3) is 16.5 Å². The topological polar surface area (TPSA) is 67.8 Å². The minimum atomic E-state index is -0.297. The summed E-state index contributed by atoms with van der Waals surface area (Å²) in [4.78, 5) is 25.9. The highest BCUT2D eigenvalue weighted by Gasteiger charge is 2.21. The van der Waals surface area contributed by atoms with Crippen molar-refractivity contribution >= 4 is 22.4 Å². The first kappa shape index (κ1) is 19.3. The fourth-order valence-electron chi connectivity index (χ4n) is 4.00. The van der Waals surface area contributed by atoms with Crippen molar-refractivity contribution in [2.45, 2.75) is 26.7 Å². The minimum absolute atomic E-state index is 0.147. The number of allylic oxidation sites excluding steroid dienone is 4. The summed E-state index contributed by atoms with van der Waals surface area (Å²) in [5.41, 5.74) is 6.71. The maximum Gasteiger partial charge on any atom is 0.257 e. The zero-order valence-corrected chi connectivity index (χ0v) is 17.3. The molecule has 154 valence electrons. The molecule has 0 saturated carbocycles. The first-order valence-electron chi connectivity index (χ1n) is 10.3. The van der Waals surface area contributed by atoms with Crippen molar-refractivity contribution in [3.63, 3.8) is 0 Å². The molecule has 1 atom stereocenters. The van der Waals surface area contributed by atoms with Gasteiger partial charge in [-0.2, -0.15) is 0 Å². The quantitative estimate of drug-likeness (QED) is 0.669. The second kappa shape index (κ2) is 7.54. The number of aryl methyl sites for hydroxylation is 1. The van der Waals surface area contributed by atoms with Crippen molar-refractivity contribution < 1.29 is 9.18 Å². The van der Waals surface area contributed by atoms with Crippen molar-refractivity contribution in [2.24, 2.45) is 5.92 Å². The summed E-state index contributed by atoms with van der Waals surface area (Å²) < 4.78 is 13.9. The summed E-state index contributed by atoms with van der Waals surface area (Å²) in [6.07, 6.45) is 9.79. The molecular weight excluding hydrogens is 391 g/mol. The van der Waals surface area contributed by atoms with Gasteiger partial charge in [-0.15, -0.1) is 0 Å². The third-order valence-electron chi connectivity index (χ3n) is 5.88. The van der Waals surface area contributed by atoms with Crippen molar-refractivity contribution in [3.8, 4) is 0 Å². The Balaban J connectivity index is 1.45. The van der Waals surface area contributed by atoms with E-state index in [9.17, 15) is 9.18 Å². The Morgan fingerprint density at radius 2 is 2.03 bits per heavy atom. The average molecular weight is 412 g/mol. The van der Waals surface area contributed by atoms with Crippen LogP contribution < -0.4 is 5.32 Å². The number of pyridine rings is 1. The van der Waals surface area contributed by atoms with Crippen molar-refractivity contribution in [1.29, 1.82) is 0 Å². The molecule has 3 aromatic rings. The molecule has 0 saturated heterocycles. The van der Waals surface area contributed by atoms with Crippen LogP contribution in [0.1, 0.15) is 46.2 Å².